The fourth-order valence-electron chi connectivity index (χ4n) is 1.44. The van der Waals surface area contributed by atoms with Gasteiger partial charge in [0.1, 0.15) is 0 Å². The van der Waals surface area contributed by atoms with Gasteiger partial charge in [0, 0.05) is 22.7 Å². The van der Waals surface area contributed by atoms with Crippen molar-refractivity contribution in [2.75, 3.05) is 11.9 Å². The molecule has 0 radical (unpaired) electrons. The molecule has 0 aliphatic carbocycles. The molecule has 0 fully saturated rings. The minimum atomic E-state index is -0.457. The first-order valence-electron chi connectivity index (χ1n) is 5.15. The van der Waals surface area contributed by atoms with Gasteiger partial charge in [-0.1, -0.05) is 13.0 Å². The molecular weight excluding hydrogens is 270 g/mol. The number of rotatable bonds is 5. The number of halogens is 1. The maximum Gasteiger partial charge on any atom is 0.251 e. The summed E-state index contributed by atoms with van der Waals surface area (Å²) in [6.07, 6.45) is 0.890. The van der Waals surface area contributed by atoms with Gasteiger partial charge in [-0.25, -0.2) is 0 Å². The van der Waals surface area contributed by atoms with Gasteiger partial charge in [0.05, 0.1) is 5.56 Å². The van der Waals surface area contributed by atoms with E-state index in [0.29, 0.717) is 16.6 Å². The molecule has 0 aliphatic rings. The molecular formula is C11H16BrN3O. The van der Waals surface area contributed by atoms with Crippen LogP contribution in [0.1, 0.15) is 23.7 Å². The number of carbonyl (C=O) groups excluding carboxylic acids is 1. The molecule has 0 aliphatic heterocycles. The van der Waals surface area contributed by atoms with Crippen LogP contribution in [0, 0.1) is 0 Å². The van der Waals surface area contributed by atoms with Crippen molar-refractivity contribution in [2.24, 2.45) is 11.5 Å². The van der Waals surface area contributed by atoms with Gasteiger partial charge >= 0.3 is 0 Å². The summed E-state index contributed by atoms with van der Waals surface area (Å²) in [7, 11) is 0. The molecule has 4 nitrogen and oxygen atoms in total. The Balaban J connectivity index is 3.03. The van der Waals surface area contributed by atoms with E-state index in [2.05, 4.69) is 21.2 Å². The third-order valence-corrected chi connectivity index (χ3v) is 3.06. The second kappa shape index (κ2) is 5.86. The van der Waals surface area contributed by atoms with Gasteiger partial charge in [-0.2, -0.15) is 0 Å². The summed E-state index contributed by atoms with van der Waals surface area (Å²) in [5.41, 5.74) is 12.1. The van der Waals surface area contributed by atoms with Gasteiger partial charge in [-0.3, -0.25) is 4.79 Å². The molecule has 0 aromatic heterocycles. The molecule has 1 aromatic rings. The zero-order valence-electron chi connectivity index (χ0n) is 9.16. The van der Waals surface area contributed by atoms with E-state index >= 15 is 0 Å². The number of nitrogens with one attached hydrogen (secondary N) is 1. The fourth-order valence-corrected chi connectivity index (χ4v) is 2.00. The molecule has 0 spiro atoms. The minimum absolute atomic E-state index is 0.146. The standard InChI is InChI=1S/C11H16BrN3O/c1-2-7(6-13)15-9-5-3-4-8(12)10(9)11(14)16/h3-5,7,15H,2,6,13H2,1H3,(H2,14,16). The van der Waals surface area contributed by atoms with Crippen LogP contribution >= 0.6 is 15.9 Å². The van der Waals surface area contributed by atoms with Crippen molar-refractivity contribution in [3.63, 3.8) is 0 Å². The van der Waals surface area contributed by atoms with Crippen LogP contribution in [0.2, 0.25) is 0 Å². The van der Waals surface area contributed by atoms with E-state index in [9.17, 15) is 4.79 Å². The highest BCUT2D eigenvalue weighted by molar-refractivity contribution is 9.10. The fraction of sp³-hybridized carbons (Fsp3) is 0.364. The molecule has 0 saturated carbocycles. The topological polar surface area (TPSA) is 81.1 Å². The summed E-state index contributed by atoms with van der Waals surface area (Å²) in [6.45, 7) is 2.55. The van der Waals surface area contributed by atoms with Gasteiger partial charge < -0.3 is 16.8 Å². The molecule has 5 N–H and O–H groups in total. The Morgan fingerprint density at radius 3 is 2.75 bits per heavy atom. The Hall–Kier alpha value is -1.07. The molecule has 1 atom stereocenters. The summed E-state index contributed by atoms with van der Waals surface area (Å²) in [6, 6.07) is 5.60. The zero-order chi connectivity index (χ0) is 12.1. The third-order valence-electron chi connectivity index (χ3n) is 2.40. The largest absolute Gasteiger partial charge is 0.380 e. The predicted molar refractivity (Wildman–Crippen MR) is 69.4 cm³/mol. The zero-order valence-corrected chi connectivity index (χ0v) is 10.8. The van der Waals surface area contributed by atoms with E-state index in [1.165, 1.54) is 0 Å². The Bertz CT molecular complexity index is 377. The number of primary amides is 1. The van der Waals surface area contributed by atoms with Crippen LogP contribution in [-0.2, 0) is 0 Å². The second-order valence-electron chi connectivity index (χ2n) is 3.51. The molecule has 0 bridgehead atoms. The van der Waals surface area contributed by atoms with Gasteiger partial charge in [0.15, 0.2) is 0 Å². The number of carbonyl (C=O) groups is 1. The average Bonchev–Trinajstić information content (AvgIpc) is 2.25. The molecule has 1 aromatic carbocycles. The maximum absolute atomic E-state index is 11.3. The summed E-state index contributed by atoms with van der Waals surface area (Å²) in [4.78, 5) is 11.3. The van der Waals surface area contributed by atoms with Crippen LogP contribution in [0.25, 0.3) is 0 Å². The normalized spacial score (nSPS) is 12.2. The van der Waals surface area contributed by atoms with Crippen molar-refractivity contribution >= 4 is 27.5 Å². The van der Waals surface area contributed by atoms with Gasteiger partial charge in [0.25, 0.3) is 5.91 Å². The summed E-state index contributed by atoms with van der Waals surface area (Å²) in [5.74, 6) is -0.457. The van der Waals surface area contributed by atoms with Crippen LogP contribution in [-0.4, -0.2) is 18.5 Å². The molecule has 1 amide bonds. The predicted octanol–water partition coefficient (Wildman–Crippen LogP) is 1.70. The molecule has 88 valence electrons. The number of benzene rings is 1. The van der Waals surface area contributed by atoms with Crippen LogP contribution < -0.4 is 16.8 Å². The Morgan fingerprint density at radius 2 is 2.25 bits per heavy atom. The Labute approximate surface area is 104 Å². The van der Waals surface area contributed by atoms with Crippen molar-refractivity contribution < 1.29 is 4.79 Å². The lowest BCUT2D eigenvalue weighted by molar-refractivity contribution is 0.100. The maximum atomic E-state index is 11.3. The number of amides is 1. The van der Waals surface area contributed by atoms with Crippen molar-refractivity contribution in [3.8, 4) is 0 Å². The molecule has 16 heavy (non-hydrogen) atoms. The summed E-state index contributed by atoms with van der Waals surface area (Å²) >= 11 is 3.31. The molecule has 1 rings (SSSR count). The van der Waals surface area contributed by atoms with Crippen LogP contribution in [0.15, 0.2) is 22.7 Å². The molecule has 0 saturated heterocycles. The van der Waals surface area contributed by atoms with E-state index in [-0.39, 0.29) is 6.04 Å². The highest BCUT2D eigenvalue weighted by atomic mass is 79.9. The summed E-state index contributed by atoms with van der Waals surface area (Å²) in [5, 5.41) is 3.21. The first-order valence-corrected chi connectivity index (χ1v) is 5.94. The average molecular weight is 286 g/mol. The van der Waals surface area contributed by atoms with Gasteiger partial charge in [-0.05, 0) is 34.5 Å². The number of hydrogen-bond acceptors (Lipinski definition) is 3. The Morgan fingerprint density at radius 1 is 1.56 bits per heavy atom. The van der Waals surface area contributed by atoms with Gasteiger partial charge in [0.2, 0.25) is 0 Å². The van der Waals surface area contributed by atoms with E-state index < -0.39 is 5.91 Å². The highest BCUT2D eigenvalue weighted by Crippen LogP contribution is 2.25. The van der Waals surface area contributed by atoms with E-state index in [0.717, 1.165) is 12.1 Å². The van der Waals surface area contributed by atoms with Crippen LogP contribution in [0.4, 0.5) is 5.69 Å². The first kappa shape index (κ1) is 13.0. The van der Waals surface area contributed by atoms with E-state index in [1.54, 1.807) is 6.07 Å². The number of anilines is 1. The smallest absolute Gasteiger partial charge is 0.251 e. The van der Waals surface area contributed by atoms with Crippen LogP contribution in [0.5, 0.6) is 0 Å². The lowest BCUT2D eigenvalue weighted by Gasteiger charge is -2.18. The SMILES string of the molecule is CCC(CN)Nc1cccc(Br)c1C(N)=O. The van der Waals surface area contributed by atoms with E-state index in [4.69, 9.17) is 11.5 Å². The lowest BCUT2D eigenvalue weighted by atomic mass is 10.1. The van der Waals surface area contributed by atoms with Crippen LogP contribution in [0.3, 0.4) is 0 Å². The quantitative estimate of drug-likeness (QED) is 0.770. The minimum Gasteiger partial charge on any atom is -0.380 e. The number of hydrogen-bond donors (Lipinski definition) is 3. The number of nitrogens with two attached hydrogens (primary N) is 2. The first-order chi connectivity index (χ1) is 7.60. The van der Waals surface area contributed by atoms with Crippen molar-refractivity contribution in [1.29, 1.82) is 0 Å². The summed E-state index contributed by atoms with van der Waals surface area (Å²) < 4.78 is 0.692. The molecule has 1 unspecified atom stereocenters. The van der Waals surface area contributed by atoms with Crippen molar-refractivity contribution in [1.82, 2.24) is 0 Å². The molecule has 5 heteroatoms. The van der Waals surface area contributed by atoms with E-state index in [1.807, 2.05) is 19.1 Å². The lowest BCUT2D eigenvalue weighted by Crippen LogP contribution is -2.29. The monoisotopic (exact) mass is 285 g/mol. The van der Waals surface area contributed by atoms with Gasteiger partial charge in [-0.15, -0.1) is 0 Å². The highest BCUT2D eigenvalue weighted by Gasteiger charge is 2.14. The molecule has 0 heterocycles. The van der Waals surface area contributed by atoms with Crippen molar-refractivity contribution in [2.45, 2.75) is 19.4 Å². The third kappa shape index (κ3) is 2.96. The Kier molecular flexibility index (Phi) is 4.76. The second-order valence-corrected chi connectivity index (χ2v) is 4.37. The van der Waals surface area contributed by atoms with Crippen molar-refractivity contribution in [3.05, 3.63) is 28.2 Å².